The molecule has 0 fully saturated rings. The number of hydrogen-bond acceptors (Lipinski definition) is 3. The quantitative estimate of drug-likeness (QED) is 0.325. The number of ketones is 1. The zero-order valence-electron chi connectivity index (χ0n) is 7.61. The van der Waals surface area contributed by atoms with E-state index in [4.69, 9.17) is 5.84 Å². The van der Waals surface area contributed by atoms with Crippen molar-refractivity contribution in [3.63, 3.8) is 0 Å². The Kier molecular flexibility index (Phi) is 2.74. The number of rotatable bonds is 2. The number of Topliss-reactive ketones (excluding diaryl/α,β-unsaturated/α-hetero) is 1. The van der Waals surface area contributed by atoms with Gasteiger partial charge in [-0.05, 0) is 25.5 Å². The summed E-state index contributed by atoms with van der Waals surface area (Å²) >= 11 is 0. The van der Waals surface area contributed by atoms with Gasteiger partial charge in [0.1, 0.15) is 0 Å². The average molecular weight is 177 g/mol. The number of aryl methyl sites for hydroxylation is 1. The van der Waals surface area contributed by atoms with Gasteiger partial charge in [-0.25, -0.2) is 0 Å². The highest BCUT2D eigenvalue weighted by atomic mass is 16.1. The number of benzene rings is 1. The minimum atomic E-state index is 0.00784. The van der Waals surface area contributed by atoms with Crippen LogP contribution < -0.4 is 5.84 Å². The van der Waals surface area contributed by atoms with Crippen LogP contribution in [0.3, 0.4) is 0 Å². The third-order valence-electron chi connectivity index (χ3n) is 1.78. The highest BCUT2D eigenvalue weighted by Gasteiger charge is 2.02. The van der Waals surface area contributed by atoms with Gasteiger partial charge in [0.15, 0.2) is 5.78 Å². The van der Waals surface area contributed by atoms with Gasteiger partial charge in [-0.3, -0.25) is 4.79 Å². The molecule has 4 heteroatoms. The van der Waals surface area contributed by atoms with Crippen LogP contribution in [0.1, 0.15) is 22.8 Å². The largest absolute Gasteiger partial charge is 0.305 e. The molecule has 0 unspecified atom stereocenters. The molecule has 4 nitrogen and oxygen atoms in total. The predicted octanol–water partition coefficient (Wildman–Crippen LogP) is 2.16. The van der Waals surface area contributed by atoms with Crippen molar-refractivity contribution in [2.45, 2.75) is 13.8 Å². The average Bonchev–Trinajstić information content (AvgIpc) is 2.08. The zero-order chi connectivity index (χ0) is 9.84. The van der Waals surface area contributed by atoms with E-state index < -0.39 is 0 Å². The molecule has 0 aliphatic heterocycles. The summed E-state index contributed by atoms with van der Waals surface area (Å²) in [5, 5.41) is 6.88. The van der Waals surface area contributed by atoms with Crippen LogP contribution in [0.2, 0.25) is 0 Å². The van der Waals surface area contributed by atoms with Crippen LogP contribution in [0.5, 0.6) is 0 Å². The van der Waals surface area contributed by atoms with Crippen LogP contribution in [0.15, 0.2) is 28.5 Å². The lowest BCUT2D eigenvalue weighted by Gasteiger charge is -2.00. The summed E-state index contributed by atoms with van der Waals surface area (Å²) in [6, 6.07) is 5.25. The van der Waals surface area contributed by atoms with Crippen LogP contribution in [0.25, 0.3) is 0 Å². The normalized spacial score (nSPS) is 10.6. The monoisotopic (exact) mass is 177 g/mol. The van der Waals surface area contributed by atoms with Crippen LogP contribution >= 0.6 is 0 Å². The summed E-state index contributed by atoms with van der Waals surface area (Å²) in [7, 11) is 0. The van der Waals surface area contributed by atoms with Gasteiger partial charge in [0.05, 0.1) is 5.69 Å². The summed E-state index contributed by atoms with van der Waals surface area (Å²) in [6.45, 7) is 3.39. The Labute approximate surface area is 76.4 Å². The standard InChI is InChI=1S/C9H11N3O/c1-6-3-4-8(7(2)13)5-9(6)11-12-10/h3-5H,1-2H3,(H2,10,11). The first-order valence-corrected chi connectivity index (χ1v) is 3.87. The topological polar surface area (TPSA) is 67.8 Å². The van der Waals surface area contributed by atoms with Crippen molar-refractivity contribution in [2.75, 3.05) is 0 Å². The number of hydrogen-bond donors (Lipinski definition) is 1. The Morgan fingerprint density at radius 1 is 1.46 bits per heavy atom. The second-order valence-corrected chi connectivity index (χ2v) is 2.77. The minimum Gasteiger partial charge on any atom is -0.305 e. The summed E-state index contributed by atoms with van der Waals surface area (Å²) in [5.41, 5.74) is 2.20. The molecule has 2 N–H and O–H groups in total. The fourth-order valence-electron chi connectivity index (χ4n) is 0.998. The highest BCUT2D eigenvalue weighted by molar-refractivity contribution is 5.94. The van der Waals surface area contributed by atoms with Gasteiger partial charge >= 0.3 is 0 Å². The predicted molar refractivity (Wildman–Crippen MR) is 49.9 cm³/mol. The van der Waals surface area contributed by atoms with Crippen molar-refractivity contribution < 1.29 is 4.79 Å². The summed E-state index contributed by atoms with van der Waals surface area (Å²) in [6.07, 6.45) is 0. The van der Waals surface area contributed by atoms with Gasteiger partial charge in [0.2, 0.25) is 0 Å². The molecule has 68 valence electrons. The molecule has 0 atom stereocenters. The number of nitrogens with zero attached hydrogens (tertiary/aromatic N) is 2. The van der Waals surface area contributed by atoms with Crippen LogP contribution in [0, 0.1) is 6.92 Å². The summed E-state index contributed by atoms with van der Waals surface area (Å²) in [4.78, 5) is 11.0. The maximum Gasteiger partial charge on any atom is 0.159 e. The fourth-order valence-corrected chi connectivity index (χ4v) is 0.998. The van der Waals surface area contributed by atoms with Crippen molar-refractivity contribution in [3.05, 3.63) is 29.3 Å². The van der Waals surface area contributed by atoms with E-state index in [1.54, 1.807) is 12.1 Å². The van der Waals surface area contributed by atoms with Gasteiger partial charge in [0.25, 0.3) is 0 Å². The molecule has 0 bridgehead atoms. The molecular weight excluding hydrogens is 166 g/mol. The Hall–Kier alpha value is -1.71. The molecule has 0 aliphatic rings. The van der Waals surface area contributed by atoms with E-state index in [0.29, 0.717) is 11.3 Å². The first kappa shape index (κ1) is 9.38. The van der Waals surface area contributed by atoms with Crippen LogP contribution in [0.4, 0.5) is 5.69 Å². The fraction of sp³-hybridized carbons (Fsp3) is 0.222. The maximum atomic E-state index is 11.0. The van der Waals surface area contributed by atoms with E-state index in [1.165, 1.54) is 6.92 Å². The molecule has 0 spiro atoms. The van der Waals surface area contributed by atoms with Crippen LogP contribution in [-0.2, 0) is 0 Å². The second kappa shape index (κ2) is 3.80. The number of carbonyl (C=O) groups is 1. The Balaban J connectivity index is 3.18. The second-order valence-electron chi connectivity index (χ2n) is 2.77. The Morgan fingerprint density at radius 2 is 2.15 bits per heavy atom. The van der Waals surface area contributed by atoms with Crippen molar-refractivity contribution in [2.24, 2.45) is 16.2 Å². The molecule has 1 aromatic carbocycles. The third-order valence-corrected chi connectivity index (χ3v) is 1.78. The van der Waals surface area contributed by atoms with Gasteiger partial charge in [-0.2, -0.15) is 0 Å². The molecule has 0 saturated carbocycles. The van der Waals surface area contributed by atoms with E-state index >= 15 is 0 Å². The maximum absolute atomic E-state index is 11.0. The molecule has 0 aromatic heterocycles. The molecule has 0 heterocycles. The zero-order valence-corrected chi connectivity index (χ0v) is 7.61. The van der Waals surface area contributed by atoms with E-state index in [-0.39, 0.29) is 5.78 Å². The Morgan fingerprint density at radius 3 is 2.69 bits per heavy atom. The SMILES string of the molecule is CC(=O)c1ccc(C)c(N=NN)c1. The molecule has 0 saturated heterocycles. The first-order valence-electron chi connectivity index (χ1n) is 3.87. The molecule has 0 aliphatic carbocycles. The molecule has 1 aromatic rings. The highest BCUT2D eigenvalue weighted by Crippen LogP contribution is 2.20. The Bertz CT molecular complexity index is 358. The van der Waals surface area contributed by atoms with Gasteiger partial charge in [0, 0.05) is 5.56 Å². The van der Waals surface area contributed by atoms with E-state index in [9.17, 15) is 4.79 Å². The molecule has 13 heavy (non-hydrogen) atoms. The molecule has 0 radical (unpaired) electrons. The van der Waals surface area contributed by atoms with Gasteiger partial charge in [-0.1, -0.05) is 17.4 Å². The molecular formula is C9H11N3O. The molecule has 0 amide bonds. The lowest BCUT2D eigenvalue weighted by Crippen LogP contribution is -1.91. The minimum absolute atomic E-state index is 0.00784. The smallest absolute Gasteiger partial charge is 0.159 e. The lowest BCUT2D eigenvalue weighted by molar-refractivity contribution is 0.101. The van der Waals surface area contributed by atoms with Crippen molar-refractivity contribution in [1.82, 2.24) is 0 Å². The number of carbonyl (C=O) groups excluding carboxylic acids is 1. The van der Waals surface area contributed by atoms with Gasteiger partial charge in [-0.15, -0.1) is 5.11 Å². The van der Waals surface area contributed by atoms with Gasteiger partial charge < -0.3 is 5.84 Å². The van der Waals surface area contributed by atoms with E-state index in [2.05, 4.69) is 10.3 Å². The third kappa shape index (κ3) is 2.11. The van der Waals surface area contributed by atoms with Crippen molar-refractivity contribution in [1.29, 1.82) is 0 Å². The van der Waals surface area contributed by atoms with Crippen molar-refractivity contribution >= 4 is 11.5 Å². The first-order chi connectivity index (χ1) is 6.15. The summed E-state index contributed by atoms with van der Waals surface area (Å²) in [5.74, 6) is 4.94. The lowest BCUT2D eigenvalue weighted by atomic mass is 10.1. The van der Waals surface area contributed by atoms with E-state index in [1.807, 2.05) is 13.0 Å². The van der Waals surface area contributed by atoms with Crippen molar-refractivity contribution in [3.8, 4) is 0 Å². The van der Waals surface area contributed by atoms with Crippen LogP contribution in [-0.4, -0.2) is 5.78 Å². The number of nitrogens with two attached hydrogens (primary N) is 1. The van der Waals surface area contributed by atoms with E-state index in [0.717, 1.165) is 5.56 Å². The molecule has 1 rings (SSSR count). The summed E-state index contributed by atoms with van der Waals surface area (Å²) < 4.78 is 0.